The van der Waals surface area contributed by atoms with Gasteiger partial charge in [0.25, 0.3) is 0 Å². The van der Waals surface area contributed by atoms with E-state index in [9.17, 15) is 13.2 Å². The summed E-state index contributed by atoms with van der Waals surface area (Å²) in [5.41, 5.74) is 5.88. The summed E-state index contributed by atoms with van der Waals surface area (Å²) in [6, 6.07) is 6.43. The summed E-state index contributed by atoms with van der Waals surface area (Å²) in [5.74, 6) is 5.96. The second-order valence-electron chi connectivity index (χ2n) is 6.16. The molecule has 4 rings (SSSR count). The van der Waals surface area contributed by atoms with Crippen LogP contribution in [0.15, 0.2) is 36.7 Å². The molecule has 0 unspecified atom stereocenters. The number of alkyl halides is 3. The predicted molar refractivity (Wildman–Crippen MR) is 88.5 cm³/mol. The fourth-order valence-corrected chi connectivity index (χ4v) is 2.80. The highest BCUT2D eigenvalue weighted by Gasteiger charge is 2.40. The Balaban J connectivity index is 1.74. The van der Waals surface area contributed by atoms with Crippen molar-refractivity contribution in [1.82, 2.24) is 10.5 Å². The molecule has 1 aliphatic carbocycles. The Morgan fingerprint density at radius 2 is 1.88 bits per heavy atom. The maximum atomic E-state index is 13.7. The van der Waals surface area contributed by atoms with Crippen molar-refractivity contribution in [2.24, 2.45) is 5.92 Å². The minimum Gasteiger partial charge on any atom is -0.301 e. The zero-order valence-electron chi connectivity index (χ0n) is 13.2. The zero-order valence-corrected chi connectivity index (χ0v) is 13.2. The van der Waals surface area contributed by atoms with Gasteiger partial charge >= 0.3 is 6.18 Å². The number of benzene rings is 1. The summed E-state index contributed by atoms with van der Waals surface area (Å²) in [5, 5.41) is 1.74. The molecule has 4 nitrogen and oxygen atoms in total. The smallest absolute Gasteiger partial charge is 0.301 e. The zero-order chi connectivity index (χ0) is 17.4. The molecule has 0 saturated heterocycles. The molecule has 1 saturated carbocycles. The second kappa shape index (κ2) is 5.97. The number of fused-ring (bicyclic) bond motifs is 1. The lowest BCUT2D eigenvalue weighted by Crippen LogP contribution is -2.37. The van der Waals surface area contributed by atoms with Crippen molar-refractivity contribution in [2.75, 3.05) is 17.0 Å². The van der Waals surface area contributed by atoms with Crippen molar-refractivity contribution < 1.29 is 13.2 Å². The number of pyridine rings is 1. The summed E-state index contributed by atoms with van der Waals surface area (Å²) in [4.78, 5) is 3.87. The molecule has 1 aromatic heterocycles. The van der Waals surface area contributed by atoms with E-state index in [4.69, 9.17) is 0 Å². The Morgan fingerprint density at radius 1 is 1.12 bits per heavy atom. The van der Waals surface area contributed by atoms with E-state index in [1.807, 2.05) is 0 Å². The van der Waals surface area contributed by atoms with Crippen LogP contribution in [-0.2, 0) is 6.18 Å². The Kier molecular flexibility index (Phi) is 3.77. The second-order valence-corrected chi connectivity index (χ2v) is 6.16. The van der Waals surface area contributed by atoms with Gasteiger partial charge in [-0.05, 0) is 43.0 Å². The molecule has 25 heavy (non-hydrogen) atoms. The maximum absolute atomic E-state index is 13.7. The van der Waals surface area contributed by atoms with Gasteiger partial charge in [-0.15, -0.1) is 5.53 Å². The van der Waals surface area contributed by atoms with Crippen LogP contribution in [0.2, 0.25) is 0 Å². The molecule has 1 fully saturated rings. The van der Waals surface area contributed by atoms with E-state index in [-0.39, 0.29) is 11.3 Å². The van der Waals surface area contributed by atoms with Gasteiger partial charge in [-0.2, -0.15) is 13.2 Å². The van der Waals surface area contributed by atoms with E-state index >= 15 is 0 Å². The van der Waals surface area contributed by atoms with Gasteiger partial charge in [0.2, 0.25) is 0 Å². The number of halogens is 3. The standard InChI is InChI=1S/C18H15F3N4/c19-18(20,21)16-14(4-3-12-7-9-22-10-8-12)5-6-15-17(16)23-24-25(15)11-13-1-2-13/h5-10,13,23-24H,1-2,11H2. The third kappa shape index (κ3) is 3.26. The number of hydrogen-bond donors (Lipinski definition) is 2. The fourth-order valence-electron chi connectivity index (χ4n) is 2.80. The SMILES string of the molecule is FC(F)(F)c1c(C#Cc2ccncc2)ccc2c1NNN2CC1CC1. The molecule has 2 aromatic rings. The first-order chi connectivity index (χ1) is 12.0. The number of nitrogens with one attached hydrogen (secondary N) is 2. The highest BCUT2D eigenvalue weighted by molar-refractivity contribution is 5.80. The monoisotopic (exact) mass is 344 g/mol. The van der Waals surface area contributed by atoms with Gasteiger partial charge in [0.15, 0.2) is 0 Å². The number of hydrogen-bond acceptors (Lipinski definition) is 4. The Hall–Kier alpha value is -2.72. The molecule has 2 heterocycles. The molecule has 2 aliphatic rings. The van der Waals surface area contributed by atoms with Crippen LogP contribution in [0.25, 0.3) is 0 Å². The average Bonchev–Trinajstić information content (AvgIpc) is 3.32. The molecular weight excluding hydrogens is 329 g/mol. The summed E-state index contributed by atoms with van der Waals surface area (Å²) >= 11 is 0. The van der Waals surface area contributed by atoms with Crippen molar-refractivity contribution in [3.05, 3.63) is 53.3 Å². The molecule has 0 radical (unpaired) electrons. The van der Waals surface area contributed by atoms with Crippen molar-refractivity contribution in [1.29, 1.82) is 0 Å². The van der Waals surface area contributed by atoms with Crippen LogP contribution >= 0.6 is 0 Å². The van der Waals surface area contributed by atoms with Crippen molar-refractivity contribution in [2.45, 2.75) is 19.0 Å². The molecule has 1 aromatic carbocycles. The van der Waals surface area contributed by atoms with Gasteiger partial charge in [-0.25, -0.2) is 0 Å². The molecule has 2 N–H and O–H groups in total. The predicted octanol–water partition coefficient (Wildman–Crippen LogP) is 3.56. The lowest BCUT2D eigenvalue weighted by atomic mass is 10.0. The van der Waals surface area contributed by atoms with E-state index in [1.165, 1.54) is 6.07 Å². The van der Waals surface area contributed by atoms with Crippen LogP contribution in [-0.4, -0.2) is 11.5 Å². The van der Waals surface area contributed by atoms with Crippen LogP contribution in [0.5, 0.6) is 0 Å². The average molecular weight is 344 g/mol. The van der Waals surface area contributed by atoms with E-state index in [0.717, 1.165) is 12.8 Å². The van der Waals surface area contributed by atoms with Gasteiger partial charge in [-0.1, -0.05) is 11.8 Å². The molecule has 0 bridgehead atoms. The topological polar surface area (TPSA) is 40.2 Å². The van der Waals surface area contributed by atoms with Gasteiger partial charge in [0.1, 0.15) is 0 Å². The summed E-state index contributed by atoms with van der Waals surface area (Å²) in [6.07, 6.45) is 0.847. The van der Waals surface area contributed by atoms with Gasteiger partial charge < -0.3 is 5.43 Å². The van der Waals surface area contributed by atoms with Gasteiger partial charge in [0, 0.05) is 30.1 Å². The van der Waals surface area contributed by atoms with Crippen molar-refractivity contribution >= 4 is 11.4 Å². The number of rotatable bonds is 2. The molecule has 7 heteroatoms. The highest BCUT2D eigenvalue weighted by atomic mass is 19.4. The van der Waals surface area contributed by atoms with E-state index in [0.29, 0.717) is 23.7 Å². The third-order valence-electron chi connectivity index (χ3n) is 4.23. The van der Waals surface area contributed by atoms with Crippen LogP contribution in [0.1, 0.15) is 29.5 Å². The van der Waals surface area contributed by atoms with E-state index in [2.05, 4.69) is 27.8 Å². The Bertz CT molecular complexity index is 848. The van der Waals surface area contributed by atoms with Gasteiger partial charge in [-0.3, -0.25) is 9.99 Å². The molecule has 0 atom stereocenters. The molecule has 1 aliphatic heterocycles. The van der Waals surface area contributed by atoms with Crippen LogP contribution in [0.4, 0.5) is 24.5 Å². The Morgan fingerprint density at radius 3 is 2.56 bits per heavy atom. The first kappa shape index (κ1) is 15.8. The van der Waals surface area contributed by atoms with Gasteiger partial charge in [0.05, 0.1) is 16.9 Å². The van der Waals surface area contributed by atoms with E-state index in [1.54, 1.807) is 35.6 Å². The minimum absolute atomic E-state index is 0.0367. The molecule has 0 amide bonds. The lowest BCUT2D eigenvalue weighted by molar-refractivity contribution is -0.137. The lowest BCUT2D eigenvalue weighted by Gasteiger charge is -2.18. The highest BCUT2D eigenvalue weighted by Crippen LogP contribution is 2.44. The molecule has 0 spiro atoms. The first-order valence-corrected chi connectivity index (χ1v) is 7.98. The van der Waals surface area contributed by atoms with Crippen LogP contribution in [0, 0.1) is 17.8 Å². The number of nitrogens with zero attached hydrogens (tertiary/aromatic N) is 2. The summed E-state index contributed by atoms with van der Waals surface area (Å²) < 4.78 is 41.0. The van der Waals surface area contributed by atoms with Crippen LogP contribution in [0.3, 0.4) is 0 Å². The molecule has 128 valence electrons. The van der Waals surface area contributed by atoms with Crippen molar-refractivity contribution in [3.63, 3.8) is 0 Å². The molecular formula is C18H15F3N4. The largest absolute Gasteiger partial charge is 0.419 e. The van der Waals surface area contributed by atoms with Crippen LogP contribution < -0.4 is 16.0 Å². The normalized spacial score (nSPS) is 16.0. The quantitative estimate of drug-likeness (QED) is 0.818. The van der Waals surface area contributed by atoms with Crippen molar-refractivity contribution in [3.8, 4) is 11.8 Å². The van der Waals surface area contributed by atoms with E-state index < -0.39 is 11.7 Å². The summed E-state index contributed by atoms with van der Waals surface area (Å²) in [7, 11) is 0. The number of anilines is 2. The minimum atomic E-state index is -4.50. The Labute approximate surface area is 143 Å². The maximum Gasteiger partial charge on any atom is 0.419 e. The fraction of sp³-hybridized carbons (Fsp3) is 0.278. The number of hydrazine groups is 2. The first-order valence-electron chi connectivity index (χ1n) is 7.98. The summed E-state index contributed by atoms with van der Waals surface area (Å²) in [6.45, 7) is 0.694. The third-order valence-corrected chi connectivity index (χ3v) is 4.23. The number of aromatic nitrogens is 1.